The molecule has 0 unspecified atom stereocenters. The van der Waals surface area contributed by atoms with Crippen LogP contribution in [0.2, 0.25) is 4.87 Å². The van der Waals surface area contributed by atoms with Crippen LogP contribution >= 0.6 is 0 Å². The molecule has 0 aliphatic carbocycles. The van der Waals surface area contributed by atoms with Crippen LogP contribution in [0.25, 0.3) is 10.8 Å². The summed E-state index contributed by atoms with van der Waals surface area (Å²) in [7, 11) is 3.57. The summed E-state index contributed by atoms with van der Waals surface area (Å²) in [5.41, 5.74) is 5.83. The Labute approximate surface area is 112 Å². The second-order valence-corrected chi connectivity index (χ2v) is 9.76. The Hall–Kier alpha value is -0.562. The summed E-state index contributed by atoms with van der Waals surface area (Å²) >= 11 is -1.33. The number of nitrogens with two attached hydrogens (primary N) is 1. The molecule has 0 fully saturated rings. The van der Waals surface area contributed by atoms with Gasteiger partial charge >= 0.3 is 99.0 Å². The predicted molar refractivity (Wildman–Crippen MR) is 79.1 cm³/mol. The number of benzene rings is 2. The van der Waals surface area contributed by atoms with E-state index >= 15 is 0 Å². The van der Waals surface area contributed by atoms with Gasteiger partial charge in [0.25, 0.3) is 0 Å². The van der Waals surface area contributed by atoms with Gasteiger partial charge in [-0.3, -0.25) is 0 Å². The van der Waals surface area contributed by atoms with Gasteiger partial charge in [0, 0.05) is 0 Å². The fourth-order valence-corrected chi connectivity index (χ4v) is 4.23. The number of aryl methyl sites for hydroxylation is 1. The zero-order valence-electron chi connectivity index (χ0n) is 11.0. The van der Waals surface area contributed by atoms with E-state index < -0.39 is 20.5 Å². The fourth-order valence-electron chi connectivity index (χ4n) is 1.69. The van der Waals surface area contributed by atoms with Crippen LogP contribution in [0, 0.1) is 6.92 Å². The van der Waals surface area contributed by atoms with Gasteiger partial charge in [-0.25, -0.2) is 0 Å². The Morgan fingerprint density at radius 3 is 2.24 bits per heavy atom. The number of fused-ring (bicyclic) bond motifs is 1. The zero-order chi connectivity index (χ0) is 12.8. The minimum absolute atomic E-state index is 1.33. The molecule has 0 spiro atoms. The van der Waals surface area contributed by atoms with Crippen LogP contribution in [0.4, 0.5) is 0 Å². The number of hydrogen-bond acceptors (Lipinski definition) is 2. The first kappa shape index (κ1) is 14.5. The second-order valence-electron chi connectivity index (χ2n) is 3.82. The zero-order valence-corrected chi connectivity index (χ0v) is 13.5. The standard InChI is InChI=1S/C11H9.CH5N.CH4N.CH3.Sb/c1-9-6-7-10-4-2-3-5-11(10)8-9;2*1-2;;/h3-8H,1H3;2H2,1H3;2H,1H3;1H3;/q;;-1;;+1. The molecule has 0 amide bonds. The van der Waals surface area contributed by atoms with Gasteiger partial charge in [-0.15, -0.1) is 0 Å². The van der Waals surface area contributed by atoms with E-state index in [1.54, 1.807) is 0 Å². The van der Waals surface area contributed by atoms with Gasteiger partial charge in [-0.1, -0.05) is 0 Å². The molecule has 17 heavy (non-hydrogen) atoms. The molecule has 2 aromatic rings. The van der Waals surface area contributed by atoms with Gasteiger partial charge < -0.3 is 5.73 Å². The summed E-state index contributed by atoms with van der Waals surface area (Å²) in [4.78, 5) is 2.36. The molecular weight excluding hydrogens is 318 g/mol. The van der Waals surface area contributed by atoms with E-state index in [0.717, 1.165) is 0 Å². The van der Waals surface area contributed by atoms with E-state index in [4.69, 9.17) is 0 Å². The van der Waals surface area contributed by atoms with Gasteiger partial charge in [-0.2, -0.15) is 0 Å². The summed E-state index contributed by atoms with van der Waals surface area (Å²) in [6.07, 6.45) is 0. The first-order valence-corrected chi connectivity index (χ1v) is 10.8. The minimum atomic E-state index is -1.33. The third-order valence-electron chi connectivity index (χ3n) is 2.70. The molecule has 0 saturated carbocycles. The summed E-state index contributed by atoms with van der Waals surface area (Å²) in [6, 6.07) is 13.5. The van der Waals surface area contributed by atoms with Gasteiger partial charge in [0.05, 0.1) is 0 Å². The quantitative estimate of drug-likeness (QED) is 0.819. The normalized spacial score (nSPS) is 10.2. The average Bonchev–Trinajstić information content (AvgIpc) is 2.39. The average molecular weight is 339 g/mol. The Balaban J connectivity index is 0.000000686. The second kappa shape index (κ2) is 7.00. The van der Waals surface area contributed by atoms with E-state index in [2.05, 4.69) is 64.4 Å². The van der Waals surface area contributed by atoms with Crippen LogP contribution in [0.5, 0.6) is 0 Å². The fraction of sp³-hybridized carbons (Fsp3) is 0.286. The van der Waals surface area contributed by atoms with E-state index in [1.807, 2.05) is 0 Å². The van der Waals surface area contributed by atoms with Gasteiger partial charge in [0.1, 0.15) is 0 Å². The predicted octanol–water partition coefficient (Wildman–Crippen LogP) is 1.77. The molecule has 0 aliphatic rings. The van der Waals surface area contributed by atoms with Gasteiger partial charge in [-0.05, 0) is 7.05 Å². The molecule has 2 rings (SSSR count). The van der Waals surface area contributed by atoms with E-state index in [1.165, 1.54) is 26.9 Å². The van der Waals surface area contributed by atoms with Crippen molar-refractivity contribution in [2.24, 2.45) is 5.73 Å². The summed E-state index contributed by atoms with van der Waals surface area (Å²) < 4.78 is 4.97. The first-order valence-electron chi connectivity index (χ1n) is 5.70. The molecule has 0 heterocycles. The molecule has 0 radical (unpaired) electrons. The van der Waals surface area contributed by atoms with Crippen LogP contribution in [-0.4, -0.2) is 34.6 Å². The van der Waals surface area contributed by atoms with Crippen molar-refractivity contribution in [2.45, 2.75) is 11.8 Å². The molecule has 3 heteroatoms. The Bertz CT molecular complexity index is 483. The van der Waals surface area contributed by atoms with E-state index in [0.29, 0.717) is 0 Å². The molecule has 2 aromatic carbocycles. The molecule has 0 aliphatic heterocycles. The van der Waals surface area contributed by atoms with Crippen molar-refractivity contribution in [3.8, 4) is 0 Å². The molecule has 0 saturated heterocycles. The molecule has 92 valence electrons. The number of nitrogens with one attached hydrogen (secondary N) is 1. The topological polar surface area (TPSA) is 38.0 Å². The maximum atomic E-state index is 4.50. The monoisotopic (exact) mass is 338 g/mol. The van der Waals surface area contributed by atoms with E-state index in [-0.39, 0.29) is 0 Å². The summed E-state index contributed by atoms with van der Waals surface area (Å²) in [5.74, 6) is 0. The van der Waals surface area contributed by atoms with E-state index in [9.17, 15) is 0 Å². The number of rotatable bonds is 2. The van der Waals surface area contributed by atoms with Crippen molar-refractivity contribution in [1.82, 2.24) is 3.48 Å². The van der Waals surface area contributed by atoms with Crippen molar-refractivity contribution in [1.29, 1.82) is 0 Å². The van der Waals surface area contributed by atoms with Gasteiger partial charge in [0.15, 0.2) is 0 Å². The van der Waals surface area contributed by atoms with Crippen LogP contribution in [0.15, 0.2) is 36.4 Å². The Kier molecular flexibility index (Phi) is 5.97. The molecule has 0 aromatic heterocycles. The van der Waals surface area contributed by atoms with Crippen LogP contribution in [-0.2, 0) is 0 Å². The first-order chi connectivity index (χ1) is 8.20. The Morgan fingerprint density at radius 1 is 1.00 bits per heavy atom. The van der Waals surface area contributed by atoms with Crippen molar-refractivity contribution in [3.63, 3.8) is 0 Å². The Morgan fingerprint density at radius 2 is 1.59 bits per heavy atom. The molecule has 2 nitrogen and oxygen atoms in total. The molecule has 0 bridgehead atoms. The summed E-state index contributed by atoms with van der Waals surface area (Å²) in [5, 5.41) is 2.72. The van der Waals surface area contributed by atoms with Crippen molar-refractivity contribution in [2.75, 3.05) is 14.1 Å². The van der Waals surface area contributed by atoms with Crippen molar-refractivity contribution < 1.29 is 0 Å². The third kappa shape index (κ3) is 3.70. The van der Waals surface area contributed by atoms with Crippen LogP contribution < -0.4 is 12.7 Å². The van der Waals surface area contributed by atoms with Crippen molar-refractivity contribution in [3.05, 3.63) is 42.0 Å². The summed E-state index contributed by atoms with van der Waals surface area (Å²) in [6.45, 7) is 2.14. The van der Waals surface area contributed by atoms with Crippen LogP contribution in [0.3, 0.4) is 0 Å². The molecular formula is C14H21N2Sb. The molecule has 0 atom stereocenters. The molecule has 3 N–H and O–H groups in total. The third-order valence-corrected chi connectivity index (χ3v) is 7.62. The van der Waals surface area contributed by atoms with Gasteiger partial charge in [0.2, 0.25) is 0 Å². The number of hydrogen-bond donors (Lipinski definition) is 2. The SMILES string of the molecule is CN.C[NH][Sb]([CH3])[c]1ccc2cc(C)ccc2c1. The maximum absolute atomic E-state index is 4.50. The van der Waals surface area contributed by atoms with Crippen molar-refractivity contribution >= 4 is 34.8 Å². The van der Waals surface area contributed by atoms with Crippen LogP contribution in [0.1, 0.15) is 5.56 Å².